The standard InChI is InChI=1S/C22H21F2N5O/c1-13-3-6-17(9-18(13)21-26-11-16(24)12-27-21)28-22(30)19-7-4-14(2)29(19)20-8-5-15(23)10-25-20/h3,5-6,8-12,14,19H,4,7H2,1-2H3,(H,28,30)/t14-,19-/m1/s1. The maximum Gasteiger partial charge on any atom is 0.247 e. The van der Waals surface area contributed by atoms with Gasteiger partial charge in [-0.1, -0.05) is 6.07 Å². The second kappa shape index (κ2) is 8.14. The van der Waals surface area contributed by atoms with Gasteiger partial charge in [-0.15, -0.1) is 0 Å². The van der Waals surface area contributed by atoms with E-state index in [9.17, 15) is 13.6 Å². The number of halogens is 2. The number of hydrogen-bond donors (Lipinski definition) is 1. The number of rotatable bonds is 4. The minimum absolute atomic E-state index is 0.111. The van der Waals surface area contributed by atoms with Gasteiger partial charge in [-0.05, 0) is 56.5 Å². The van der Waals surface area contributed by atoms with E-state index in [4.69, 9.17) is 0 Å². The van der Waals surface area contributed by atoms with Gasteiger partial charge >= 0.3 is 0 Å². The molecule has 0 radical (unpaired) electrons. The smallest absolute Gasteiger partial charge is 0.247 e. The zero-order valence-electron chi connectivity index (χ0n) is 16.6. The normalized spacial score (nSPS) is 18.5. The molecule has 1 amide bonds. The van der Waals surface area contributed by atoms with Crippen molar-refractivity contribution in [3.63, 3.8) is 0 Å². The molecule has 8 heteroatoms. The molecule has 30 heavy (non-hydrogen) atoms. The Balaban J connectivity index is 1.56. The Kier molecular flexibility index (Phi) is 5.39. The Labute approximate surface area is 173 Å². The number of anilines is 2. The number of nitrogens with one attached hydrogen (secondary N) is 1. The molecular weight excluding hydrogens is 388 g/mol. The number of hydrogen-bond acceptors (Lipinski definition) is 5. The number of aryl methyl sites for hydroxylation is 1. The van der Waals surface area contributed by atoms with Crippen LogP contribution in [0.3, 0.4) is 0 Å². The first-order chi connectivity index (χ1) is 14.4. The van der Waals surface area contributed by atoms with Crippen molar-refractivity contribution in [3.8, 4) is 11.4 Å². The number of carbonyl (C=O) groups excluding carboxylic acids is 1. The lowest BCUT2D eigenvalue weighted by Gasteiger charge is -2.29. The average Bonchev–Trinajstić information content (AvgIpc) is 3.12. The molecule has 0 saturated carbocycles. The van der Waals surface area contributed by atoms with Crippen molar-refractivity contribution in [2.75, 3.05) is 10.2 Å². The quantitative estimate of drug-likeness (QED) is 0.702. The van der Waals surface area contributed by atoms with Gasteiger partial charge < -0.3 is 10.2 Å². The van der Waals surface area contributed by atoms with E-state index in [1.807, 2.05) is 24.8 Å². The van der Waals surface area contributed by atoms with Gasteiger partial charge in [0.25, 0.3) is 0 Å². The van der Waals surface area contributed by atoms with Crippen LogP contribution in [0.1, 0.15) is 25.3 Å². The largest absolute Gasteiger partial charge is 0.342 e. The summed E-state index contributed by atoms with van der Waals surface area (Å²) in [6.45, 7) is 3.92. The Morgan fingerprint density at radius 1 is 1.03 bits per heavy atom. The minimum atomic E-state index is -0.509. The van der Waals surface area contributed by atoms with Crippen molar-refractivity contribution in [2.45, 2.75) is 38.8 Å². The van der Waals surface area contributed by atoms with Crippen LogP contribution in [-0.4, -0.2) is 32.9 Å². The Morgan fingerprint density at radius 3 is 2.47 bits per heavy atom. The van der Waals surface area contributed by atoms with Crippen LogP contribution in [-0.2, 0) is 4.79 Å². The van der Waals surface area contributed by atoms with Crippen LogP contribution in [0.15, 0.2) is 48.9 Å². The zero-order valence-corrected chi connectivity index (χ0v) is 16.6. The van der Waals surface area contributed by atoms with Crippen LogP contribution in [0, 0.1) is 18.6 Å². The van der Waals surface area contributed by atoms with Gasteiger partial charge in [0.15, 0.2) is 11.6 Å². The molecule has 1 aliphatic heterocycles. The van der Waals surface area contributed by atoms with Crippen molar-refractivity contribution in [1.29, 1.82) is 0 Å². The molecule has 1 N–H and O–H groups in total. The number of aromatic nitrogens is 3. The van der Waals surface area contributed by atoms with E-state index in [0.717, 1.165) is 30.6 Å². The summed E-state index contributed by atoms with van der Waals surface area (Å²) in [5.74, 6) is -0.129. The Hall–Kier alpha value is -3.42. The summed E-state index contributed by atoms with van der Waals surface area (Å²) in [6.07, 6.45) is 4.89. The maximum atomic E-state index is 13.3. The van der Waals surface area contributed by atoms with Gasteiger partial charge in [0, 0.05) is 17.3 Å². The van der Waals surface area contributed by atoms with Crippen molar-refractivity contribution in [2.24, 2.45) is 0 Å². The highest BCUT2D eigenvalue weighted by molar-refractivity contribution is 5.97. The van der Waals surface area contributed by atoms with E-state index >= 15 is 0 Å². The van der Waals surface area contributed by atoms with Crippen molar-refractivity contribution >= 4 is 17.4 Å². The SMILES string of the molecule is Cc1ccc(NC(=O)[C@H]2CC[C@@H](C)N2c2ccc(F)cn2)cc1-c1ncc(F)cn1. The second-order valence-electron chi connectivity index (χ2n) is 7.43. The third kappa shape index (κ3) is 3.98. The maximum absolute atomic E-state index is 13.3. The van der Waals surface area contributed by atoms with Crippen LogP contribution in [0.4, 0.5) is 20.3 Å². The van der Waals surface area contributed by atoms with Gasteiger partial charge in [0.1, 0.15) is 17.7 Å². The van der Waals surface area contributed by atoms with Gasteiger partial charge in [-0.2, -0.15) is 0 Å². The van der Waals surface area contributed by atoms with Crippen molar-refractivity contribution < 1.29 is 13.6 Å². The monoisotopic (exact) mass is 409 g/mol. The molecule has 1 aliphatic rings. The highest BCUT2D eigenvalue weighted by Gasteiger charge is 2.36. The van der Waals surface area contributed by atoms with Crippen molar-refractivity contribution in [3.05, 3.63) is 66.1 Å². The van der Waals surface area contributed by atoms with Crippen LogP contribution in [0.5, 0.6) is 0 Å². The summed E-state index contributed by atoms with van der Waals surface area (Å²) in [7, 11) is 0. The molecule has 0 unspecified atom stereocenters. The summed E-state index contributed by atoms with van der Waals surface area (Å²) < 4.78 is 26.4. The fourth-order valence-electron chi connectivity index (χ4n) is 3.77. The molecule has 2 atom stereocenters. The van der Waals surface area contributed by atoms with E-state index in [2.05, 4.69) is 20.3 Å². The van der Waals surface area contributed by atoms with E-state index in [-0.39, 0.29) is 11.9 Å². The summed E-state index contributed by atoms with van der Waals surface area (Å²) in [5.41, 5.74) is 2.22. The highest BCUT2D eigenvalue weighted by Crippen LogP contribution is 2.30. The van der Waals surface area contributed by atoms with Gasteiger partial charge in [-0.25, -0.2) is 23.7 Å². The number of amides is 1. The predicted molar refractivity (Wildman–Crippen MR) is 110 cm³/mol. The first kappa shape index (κ1) is 19.9. The third-order valence-corrected chi connectivity index (χ3v) is 5.31. The Bertz CT molecular complexity index is 1060. The lowest BCUT2D eigenvalue weighted by Crippen LogP contribution is -2.43. The Morgan fingerprint density at radius 2 is 1.77 bits per heavy atom. The molecule has 3 aromatic rings. The summed E-state index contributed by atoms with van der Waals surface area (Å²) in [4.78, 5) is 27.2. The summed E-state index contributed by atoms with van der Waals surface area (Å²) in [5, 5.41) is 2.95. The molecule has 4 rings (SSSR count). The molecule has 2 aromatic heterocycles. The van der Waals surface area contributed by atoms with E-state index in [0.29, 0.717) is 29.3 Å². The lowest BCUT2D eigenvalue weighted by atomic mass is 10.1. The van der Waals surface area contributed by atoms with Gasteiger partial charge in [-0.3, -0.25) is 4.79 Å². The van der Waals surface area contributed by atoms with Crippen LogP contribution < -0.4 is 10.2 Å². The van der Waals surface area contributed by atoms with Crippen LogP contribution in [0.2, 0.25) is 0 Å². The molecule has 3 heterocycles. The molecule has 1 saturated heterocycles. The summed E-state index contributed by atoms with van der Waals surface area (Å²) in [6, 6.07) is 8.07. The first-order valence-electron chi connectivity index (χ1n) is 9.71. The molecule has 1 fully saturated rings. The van der Waals surface area contributed by atoms with Crippen molar-refractivity contribution in [1.82, 2.24) is 15.0 Å². The average molecular weight is 409 g/mol. The van der Waals surface area contributed by atoms with E-state index in [1.165, 1.54) is 6.07 Å². The predicted octanol–water partition coefficient (Wildman–Crippen LogP) is 4.12. The third-order valence-electron chi connectivity index (χ3n) is 5.31. The van der Waals surface area contributed by atoms with Gasteiger partial charge in [0.05, 0.1) is 18.6 Å². The molecular formula is C22H21F2N5O. The summed E-state index contributed by atoms with van der Waals surface area (Å²) >= 11 is 0. The molecule has 0 bridgehead atoms. The molecule has 6 nitrogen and oxygen atoms in total. The van der Waals surface area contributed by atoms with Crippen LogP contribution in [0.25, 0.3) is 11.4 Å². The fourth-order valence-corrected chi connectivity index (χ4v) is 3.77. The lowest BCUT2D eigenvalue weighted by molar-refractivity contribution is -0.117. The van der Waals surface area contributed by atoms with E-state index < -0.39 is 17.7 Å². The minimum Gasteiger partial charge on any atom is -0.342 e. The number of carbonyl (C=O) groups is 1. The number of nitrogens with zero attached hydrogens (tertiary/aromatic N) is 4. The molecule has 0 spiro atoms. The molecule has 0 aliphatic carbocycles. The number of benzene rings is 1. The second-order valence-corrected chi connectivity index (χ2v) is 7.43. The highest BCUT2D eigenvalue weighted by atomic mass is 19.1. The van der Waals surface area contributed by atoms with Gasteiger partial charge in [0.2, 0.25) is 5.91 Å². The molecule has 154 valence electrons. The first-order valence-corrected chi connectivity index (χ1v) is 9.71. The zero-order chi connectivity index (χ0) is 21.3. The number of pyridine rings is 1. The topological polar surface area (TPSA) is 71.0 Å². The van der Waals surface area contributed by atoms with Crippen LogP contribution >= 0.6 is 0 Å². The van der Waals surface area contributed by atoms with E-state index in [1.54, 1.807) is 18.2 Å². The molecule has 1 aromatic carbocycles. The fraction of sp³-hybridized carbons (Fsp3) is 0.273.